The number of aryl methyl sites for hydroxylation is 1. The molecular weight excluding hydrogens is 196 g/mol. The summed E-state index contributed by atoms with van der Waals surface area (Å²) in [6.07, 6.45) is 4.22. The van der Waals surface area contributed by atoms with E-state index in [1.165, 1.54) is 11.1 Å². The Labute approximate surface area is 98.1 Å². The van der Waals surface area contributed by atoms with Crippen LogP contribution >= 0.6 is 0 Å². The smallest absolute Gasteiger partial charge is 0.123 e. The highest BCUT2D eigenvalue weighted by Gasteiger charge is 2.20. The lowest BCUT2D eigenvalue weighted by Gasteiger charge is -2.26. The second-order valence-electron chi connectivity index (χ2n) is 5.50. The van der Waals surface area contributed by atoms with Gasteiger partial charge in [-0.1, -0.05) is 45.6 Å². The number of hydrogen-bond donors (Lipinski definition) is 0. The van der Waals surface area contributed by atoms with Crippen molar-refractivity contribution in [2.24, 2.45) is 0 Å². The Morgan fingerprint density at radius 1 is 1.38 bits per heavy atom. The van der Waals surface area contributed by atoms with Gasteiger partial charge in [-0.25, -0.2) is 0 Å². The van der Waals surface area contributed by atoms with E-state index in [4.69, 9.17) is 4.74 Å². The summed E-state index contributed by atoms with van der Waals surface area (Å²) in [5, 5.41) is 0. The van der Waals surface area contributed by atoms with E-state index in [1.54, 1.807) is 0 Å². The zero-order valence-corrected chi connectivity index (χ0v) is 10.4. The molecule has 1 aliphatic rings. The summed E-state index contributed by atoms with van der Waals surface area (Å²) in [4.78, 5) is 0. The quantitative estimate of drug-likeness (QED) is 0.648. The SMILES string of the molecule is C=CC1CCc2cc(C(C)(C)C)ccc2O1. The monoisotopic (exact) mass is 216 g/mol. The molecule has 1 unspecified atom stereocenters. The predicted octanol–water partition coefficient (Wildman–Crippen LogP) is 3.86. The average Bonchev–Trinajstić information content (AvgIpc) is 2.26. The number of hydrogen-bond acceptors (Lipinski definition) is 1. The minimum absolute atomic E-state index is 0.188. The third-order valence-corrected chi connectivity index (χ3v) is 3.17. The van der Waals surface area contributed by atoms with Gasteiger partial charge in [0.05, 0.1) is 0 Å². The van der Waals surface area contributed by atoms with E-state index in [9.17, 15) is 0 Å². The average molecular weight is 216 g/mol. The molecule has 0 saturated carbocycles. The normalized spacial score (nSPS) is 19.8. The summed E-state index contributed by atoms with van der Waals surface area (Å²) < 4.78 is 5.83. The molecule has 0 aliphatic carbocycles. The third-order valence-electron chi connectivity index (χ3n) is 3.17. The second-order valence-corrected chi connectivity index (χ2v) is 5.50. The van der Waals surface area contributed by atoms with Gasteiger partial charge in [0.2, 0.25) is 0 Å². The molecule has 0 N–H and O–H groups in total. The summed E-state index contributed by atoms with van der Waals surface area (Å²) in [6, 6.07) is 6.56. The lowest BCUT2D eigenvalue weighted by atomic mass is 9.85. The van der Waals surface area contributed by atoms with Gasteiger partial charge in [0.15, 0.2) is 0 Å². The van der Waals surface area contributed by atoms with Crippen LogP contribution in [0.25, 0.3) is 0 Å². The van der Waals surface area contributed by atoms with Crippen LogP contribution in [0.4, 0.5) is 0 Å². The molecule has 0 amide bonds. The van der Waals surface area contributed by atoms with Gasteiger partial charge in [0.25, 0.3) is 0 Å². The maximum absolute atomic E-state index is 5.83. The van der Waals surface area contributed by atoms with Crippen molar-refractivity contribution in [1.29, 1.82) is 0 Å². The van der Waals surface area contributed by atoms with Crippen LogP contribution in [0.2, 0.25) is 0 Å². The Kier molecular flexibility index (Phi) is 2.79. The van der Waals surface area contributed by atoms with Crippen LogP contribution in [0.15, 0.2) is 30.9 Å². The van der Waals surface area contributed by atoms with Crippen molar-refractivity contribution < 1.29 is 4.74 Å². The van der Waals surface area contributed by atoms with Crippen molar-refractivity contribution in [3.05, 3.63) is 42.0 Å². The van der Waals surface area contributed by atoms with Crippen molar-refractivity contribution in [2.75, 3.05) is 0 Å². The highest BCUT2D eigenvalue weighted by Crippen LogP contribution is 2.32. The van der Waals surface area contributed by atoms with Gasteiger partial charge in [0, 0.05) is 0 Å². The molecule has 0 saturated heterocycles. The fourth-order valence-electron chi connectivity index (χ4n) is 2.04. The van der Waals surface area contributed by atoms with Crippen molar-refractivity contribution in [1.82, 2.24) is 0 Å². The molecule has 1 atom stereocenters. The first-order valence-electron chi connectivity index (χ1n) is 5.93. The highest BCUT2D eigenvalue weighted by atomic mass is 16.5. The molecule has 0 fully saturated rings. The van der Waals surface area contributed by atoms with Gasteiger partial charge in [-0.05, 0) is 35.4 Å². The lowest BCUT2D eigenvalue weighted by Crippen LogP contribution is -2.21. The van der Waals surface area contributed by atoms with Crippen molar-refractivity contribution >= 4 is 0 Å². The number of fused-ring (bicyclic) bond motifs is 1. The first-order chi connectivity index (χ1) is 7.50. The Balaban J connectivity index is 2.31. The Hall–Kier alpha value is -1.24. The molecule has 86 valence electrons. The first kappa shape index (κ1) is 11.3. The fraction of sp³-hybridized carbons (Fsp3) is 0.467. The largest absolute Gasteiger partial charge is 0.486 e. The summed E-state index contributed by atoms with van der Waals surface area (Å²) in [7, 11) is 0. The van der Waals surface area contributed by atoms with Crippen LogP contribution in [-0.2, 0) is 11.8 Å². The first-order valence-corrected chi connectivity index (χ1v) is 5.93. The van der Waals surface area contributed by atoms with E-state index in [2.05, 4.69) is 45.5 Å². The molecule has 1 aromatic carbocycles. The van der Waals surface area contributed by atoms with Crippen LogP contribution in [0, 0.1) is 0 Å². The van der Waals surface area contributed by atoms with Crippen molar-refractivity contribution in [3.8, 4) is 5.75 Å². The molecule has 0 bridgehead atoms. The van der Waals surface area contributed by atoms with Gasteiger partial charge >= 0.3 is 0 Å². The van der Waals surface area contributed by atoms with Gasteiger partial charge in [-0.15, -0.1) is 0 Å². The summed E-state index contributed by atoms with van der Waals surface area (Å²) >= 11 is 0. The van der Waals surface area contributed by atoms with Crippen LogP contribution in [0.3, 0.4) is 0 Å². The molecule has 1 nitrogen and oxygen atoms in total. The molecule has 2 rings (SSSR count). The number of rotatable bonds is 1. The Bertz CT molecular complexity index is 398. The molecule has 0 spiro atoms. The summed E-state index contributed by atoms with van der Waals surface area (Å²) in [5.41, 5.74) is 2.93. The Morgan fingerprint density at radius 2 is 2.12 bits per heavy atom. The topological polar surface area (TPSA) is 9.23 Å². The van der Waals surface area contributed by atoms with Gasteiger partial charge in [-0.3, -0.25) is 0 Å². The maximum atomic E-state index is 5.83. The minimum atomic E-state index is 0.188. The second kappa shape index (κ2) is 3.97. The molecule has 0 radical (unpaired) electrons. The van der Waals surface area contributed by atoms with Crippen LogP contribution < -0.4 is 4.74 Å². The van der Waals surface area contributed by atoms with Gasteiger partial charge in [-0.2, -0.15) is 0 Å². The van der Waals surface area contributed by atoms with E-state index in [-0.39, 0.29) is 11.5 Å². The summed E-state index contributed by atoms with van der Waals surface area (Å²) in [5.74, 6) is 1.03. The zero-order chi connectivity index (χ0) is 11.8. The van der Waals surface area contributed by atoms with E-state index >= 15 is 0 Å². The van der Waals surface area contributed by atoms with E-state index in [1.807, 2.05) is 6.08 Å². The van der Waals surface area contributed by atoms with Crippen molar-refractivity contribution in [3.63, 3.8) is 0 Å². The predicted molar refractivity (Wildman–Crippen MR) is 68.1 cm³/mol. The molecule has 1 aliphatic heterocycles. The van der Waals surface area contributed by atoms with E-state index in [0.717, 1.165) is 18.6 Å². The van der Waals surface area contributed by atoms with E-state index < -0.39 is 0 Å². The molecular formula is C15H20O. The maximum Gasteiger partial charge on any atom is 0.123 e. The zero-order valence-electron chi connectivity index (χ0n) is 10.4. The number of ether oxygens (including phenoxy) is 1. The molecule has 1 heterocycles. The van der Waals surface area contributed by atoms with Crippen LogP contribution in [-0.4, -0.2) is 6.10 Å². The minimum Gasteiger partial charge on any atom is -0.486 e. The Morgan fingerprint density at radius 3 is 2.75 bits per heavy atom. The lowest BCUT2D eigenvalue weighted by molar-refractivity contribution is 0.219. The number of benzene rings is 1. The van der Waals surface area contributed by atoms with Gasteiger partial charge in [0.1, 0.15) is 11.9 Å². The van der Waals surface area contributed by atoms with Crippen molar-refractivity contribution in [2.45, 2.75) is 45.1 Å². The van der Waals surface area contributed by atoms with Crippen LogP contribution in [0.1, 0.15) is 38.3 Å². The van der Waals surface area contributed by atoms with Crippen LogP contribution in [0.5, 0.6) is 5.75 Å². The van der Waals surface area contributed by atoms with Gasteiger partial charge < -0.3 is 4.74 Å². The molecule has 0 aromatic heterocycles. The fourth-order valence-corrected chi connectivity index (χ4v) is 2.04. The molecule has 1 aromatic rings. The summed E-state index contributed by atoms with van der Waals surface area (Å²) in [6.45, 7) is 10.5. The molecule has 16 heavy (non-hydrogen) atoms. The highest BCUT2D eigenvalue weighted by molar-refractivity contribution is 5.41. The molecule has 1 heteroatoms. The third kappa shape index (κ3) is 2.13. The van der Waals surface area contributed by atoms with E-state index in [0.29, 0.717) is 0 Å². The standard InChI is InChI=1S/C15H20O/c1-5-13-8-6-11-10-12(15(2,3)4)7-9-14(11)16-13/h5,7,9-10,13H,1,6,8H2,2-4H3.